The first kappa shape index (κ1) is 24.7. The highest BCUT2D eigenvalue weighted by molar-refractivity contribution is 6.14. The van der Waals surface area contributed by atoms with E-state index in [1.54, 1.807) is 24.3 Å². The molecule has 4 rings (SSSR count). The maximum atomic E-state index is 10.3. The molecule has 0 amide bonds. The van der Waals surface area contributed by atoms with Crippen LogP contribution in [0.15, 0.2) is 97.1 Å². The van der Waals surface area contributed by atoms with Crippen molar-refractivity contribution in [1.29, 1.82) is 0 Å². The molecule has 0 unspecified atom stereocenters. The molecule has 3 aromatic carbocycles. The number of phenols is 2. The van der Waals surface area contributed by atoms with E-state index < -0.39 is 0 Å². The van der Waals surface area contributed by atoms with Gasteiger partial charge in [0, 0.05) is 10.8 Å². The normalized spacial score (nSPS) is 13.4. The van der Waals surface area contributed by atoms with Crippen LogP contribution in [0.25, 0.3) is 0 Å². The molecule has 0 aliphatic heterocycles. The molecule has 0 fully saturated rings. The number of carbonyl (C=O) groups is 2. The Balaban J connectivity index is 0.000000343. The summed E-state index contributed by atoms with van der Waals surface area (Å²) in [6.07, 6.45) is 5.01. The van der Waals surface area contributed by atoms with E-state index in [1.807, 2.05) is 24.3 Å². The van der Waals surface area contributed by atoms with Gasteiger partial charge in [-0.2, -0.15) is 0 Å². The van der Waals surface area contributed by atoms with Gasteiger partial charge in [0.05, 0.1) is 0 Å². The van der Waals surface area contributed by atoms with Crippen molar-refractivity contribution in [1.82, 2.24) is 0 Å². The lowest BCUT2D eigenvalue weighted by molar-refractivity contribution is -0.113. The van der Waals surface area contributed by atoms with E-state index in [1.165, 1.54) is 46.6 Å². The Morgan fingerprint density at radius 1 is 0.441 bits per heavy atom. The highest BCUT2D eigenvalue weighted by Crippen LogP contribution is 2.36. The molecule has 0 saturated carbocycles. The van der Waals surface area contributed by atoms with Crippen molar-refractivity contribution in [3.05, 3.63) is 119 Å². The van der Waals surface area contributed by atoms with Gasteiger partial charge in [0.1, 0.15) is 11.5 Å². The molecule has 2 N–H and O–H groups in total. The Labute approximate surface area is 200 Å². The van der Waals surface area contributed by atoms with E-state index in [-0.39, 0.29) is 33.9 Å². The first-order valence-electron chi connectivity index (χ1n) is 11.1. The minimum atomic E-state index is -0.144. The van der Waals surface area contributed by atoms with Crippen molar-refractivity contribution in [2.75, 3.05) is 0 Å². The lowest BCUT2D eigenvalue weighted by Gasteiger charge is -2.29. The van der Waals surface area contributed by atoms with Crippen LogP contribution in [0, 0.1) is 0 Å². The number of hydrogen-bond acceptors (Lipinski definition) is 4. The van der Waals surface area contributed by atoms with Crippen LogP contribution in [0.1, 0.15) is 49.9 Å². The third-order valence-electron chi connectivity index (χ3n) is 6.33. The summed E-state index contributed by atoms with van der Waals surface area (Å²) < 4.78 is 0. The smallest absolute Gasteiger partial charge is 0.178 e. The van der Waals surface area contributed by atoms with Gasteiger partial charge in [0.15, 0.2) is 11.6 Å². The van der Waals surface area contributed by atoms with Gasteiger partial charge in [0.2, 0.25) is 0 Å². The summed E-state index contributed by atoms with van der Waals surface area (Å²) in [4.78, 5) is 20.6. The summed E-state index contributed by atoms with van der Waals surface area (Å²) in [5.41, 5.74) is 4.51. The van der Waals surface area contributed by atoms with E-state index >= 15 is 0 Å². The Hall–Kier alpha value is -3.92. The zero-order chi connectivity index (χ0) is 24.9. The standard InChI is InChI=1S/C24H26O2.C6H4O2/c1-23(2,19-9-13-21(25)14-10-19)17-5-7-18(8-6-17)24(3,4)20-11-15-22(26)16-12-20;7-5-1-2-6(8)4-3-5/h5-16,25-26H,1-4H3;1-4H. The van der Waals surface area contributed by atoms with Crippen LogP contribution in [0.3, 0.4) is 0 Å². The summed E-state index contributed by atoms with van der Waals surface area (Å²) in [7, 11) is 0. The molecule has 0 heterocycles. The molecule has 1 aliphatic rings. The van der Waals surface area contributed by atoms with Crippen LogP contribution < -0.4 is 0 Å². The summed E-state index contributed by atoms with van der Waals surface area (Å²) in [5, 5.41) is 19.1. The lowest BCUT2D eigenvalue weighted by Crippen LogP contribution is -2.21. The topological polar surface area (TPSA) is 74.6 Å². The fraction of sp³-hybridized carbons (Fsp3) is 0.200. The van der Waals surface area contributed by atoms with E-state index in [0.717, 1.165) is 0 Å². The second-order valence-corrected chi connectivity index (χ2v) is 9.39. The Bertz CT molecular complexity index is 1100. The largest absolute Gasteiger partial charge is 0.508 e. The molecular formula is C30H30O4. The molecule has 0 aromatic heterocycles. The average molecular weight is 455 g/mol. The van der Waals surface area contributed by atoms with Gasteiger partial charge in [-0.25, -0.2) is 0 Å². The number of benzene rings is 3. The third kappa shape index (κ3) is 5.70. The summed E-state index contributed by atoms with van der Waals surface area (Å²) in [6.45, 7) is 8.78. The quantitative estimate of drug-likeness (QED) is 0.474. The number of ketones is 2. The van der Waals surface area contributed by atoms with E-state index in [2.05, 4.69) is 52.0 Å². The van der Waals surface area contributed by atoms with Gasteiger partial charge in [0.25, 0.3) is 0 Å². The van der Waals surface area contributed by atoms with Gasteiger partial charge < -0.3 is 10.2 Å². The SMILES string of the molecule is CC(C)(c1ccc(O)cc1)c1ccc(C(C)(C)c2ccc(O)cc2)cc1.O=C1C=CC(=O)C=C1. The molecule has 0 radical (unpaired) electrons. The van der Waals surface area contributed by atoms with Crippen molar-refractivity contribution in [3.63, 3.8) is 0 Å². The first-order valence-corrected chi connectivity index (χ1v) is 11.1. The van der Waals surface area contributed by atoms with Crippen LogP contribution in [0.4, 0.5) is 0 Å². The highest BCUT2D eigenvalue weighted by atomic mass is 16.3. The molecule has 4 nitrogen and oxygen atoms in total. The Morgan fingerprint density at radius 3 is 0.882 bits per heavy atom. The molecule has 0 saturated heterocycles. The lowest BCUT2D eigenvalue weighted by atomic mass is 9.74. The summed E-state index contributed by atoms with van der Waals surface area (Å²) in [6, 6.07) is 23.6. The van der Waals surface area contributed by atoms with E-state index in [4.69, 9.17) is 0 Å². The number of aromatic hydroxyl groups is 2. The zero-order valence-corrected chi connectivity index (χ0v) is 19.9. The van der Waals surface area contributed by atoms with Gasteiger partial charge in [-0.3, -0.25) is 9.59 Å². The molecule has 174 valence electrons. The zero-order valence-electron chi connectivity index (χ0n) is 19.9. The fourth-order valence-electron chi connectivity index (χ4n) is 3.83. The first-order chi connectivity index (χ1) is 16.0. The molecule has 1 aliphatic carbocycles. The average Bonchev–Trinajstić information content (AvgIpc) is 2.82. The maximum absolute atomic E-state index is 10.3. The fourth-order valence-corrected chi connectivity index (χ4v) is 3.83. The van der Waals surface area contributed by atoms with Gasteiger partial charge >= 0.3 is 0 Å². The Kier molecular flexibility index (Phi) is 7.21. The monoisotopic (exact) mass is 454 g/mol. The van der Waals surface area contributed by atoms with Crippen molar-refractivity contribution in [3.8, 4) is 11.5 Å². The number of rotatable bonds is 4. The van der Waals surface area contributed by atoms with Crippen LogP contribution in [0.5, 0.6) is 11.5 Å². The minimum Gasteiger partial charge on any atom is -0.508 e. The minimum absolute atomic E-state index is 0.121. The third-order valence-corrected chi connectivity index (χ3v) is 6.33. The van der Waals surface area contributed by atoms with Gasteiger partial charge in [-0.05, 0) is 70.8 Å². The molecule has 4 heteroatoms. The molecular weight excluding hydrogens is 424 g/mol. The highest BCUT2D eigenvalue weighted by Gasteiger charge is 2.26. The predicted octanol–water partition coefficient (Wildman–Crippen LogP) is 6.00. The number of carbonyl (C=O) groups excluding carboxylic acids is 2. The van der Waals surface area contributed by atoms with Crippen LogP contribution >= 0.6 is 0 Å². The number of hydrogen-bond donors (Lipinski definition) is 2. The van der Waals surface area contributed by atoms with E-state index in [9.17, 15) is 19.8 Å². The molecule has 3 aromatic rings. The number of phenolic OH excluding ortho intramolecular Hbond substituents is 2. The van der Waals surface area contributed by atoms with Crippen molar-refractivity contribution < 1.29 is 19.8 Å². The second-order valence-electron chi connectivity index (χ2n) is 9.39. The van der Waals surface area contributed by atoms with Crippen molar-refractivity contribution in [2.24, 2.45) is 0 Å². The number of allylic oxidation sites excluding steroid dienone is 4. The molecule has 0 bridgehead atoms. The predicted molar refractivity (Wildman–Crippen MR) is 135 cm³/mol. The summed E-state index contributed by atoms with van der Waals surface area (Å²) in [5.74, 6) is 0.334. The molecule has 34 heavy (non-hydrogen) atoms. The summed E-state index contributed by atoms with van der Waals surface area (Å²) >= 11 is 0. The Morgan fingerprint density at radius 2 is 0.647 bits per heavy atom. The van der Waals surface area contributed by atoms with E-state index in [0.29, 0.717) is 0 Å². The van der Waals surface area contributed by atoms with Gasteiger partial charge in [-0.15, -0.1) is 0 Å². The molecule has 0 spiro atoms. The van der Waals surface area contributed by atoms with Crippen LogP contribution in [-0.2, 0) is 20.4 Å². The van der Waals surface area contributed by atoms with Gasteiger partial charge in [-0.1, -0.05) is 76.2 Å². The molecule has 0 atom stereocenters. The van der Waals surface area contributed by atoms with Crippen molar-refractivity contribution >= 4 is 11.6 Å². The van der Waals surface area contributed by atoms with Crippen LogP contribution in [-0.4, -0.2) is 21.8 Å². The van der Waals surface area contributed by atoms with Crippen molar-refractivity contribution in [2.45, 2.75) is 38.5 Å². The maximum Gasteiger partial charge on any atom is 0.178 e. The second kappa shape index (κ2) is 9.92. The van der Waals surface area contributed by atoms with Crippen LogP contribution in [0.2, 0.25) is 0 Å².